The van der Waals surface area contributed by atoms with E-state index in [1.807, 2.05) is 62.4 Å². The summed E-state index contributed by atoms with van der Waals surface area (Å²) in [5, 5.41) is 9.38. The summed E-state index contributed by atoms with van der Waals surface area (Å²) in [7, 11) is -1.75. The van der Waals surface area contributed by atoms with E-state index in [2.05, 4.69) is 0 Å². The van der Waals surface area contributed by atoms with Crippen LogP contribution >= 0.6 is 0 Å². The summed E-state index contributed by atoms with van der Waals surface area (Å²) >= 11 is -2.21. The fraction of sp³-hybridized carbons (Fsp3) is 0.0909. The van der Waals surface area contributed by atoms with Crippen molar-refractivity contribution >= 4 is 43.6 Å². The van der Waals surface area contributed by atoms with E-state index in [1.165, 1.54) is 0 Å². The third-order valence-corrected chi connectivity index (χ3v) is 6.42. The monoisotopic (exact) mass is 409 g/mol. The molecule has 6 heteroatoms. The lowest BCUT2D eigenvalue weighted by Gasteiger charge is -2.17. The molecule has 2 atom stereocenters. The molecule has 0 radical (unpaired) electrons. The van der Waals surface area contributed by atoms with Gasteiger partial charge in [-0.1, -0.05) is 59.7 Å². The molecule has 0 heterocycles. The van der Waals surface area contributed by atoms with Crippen LogP contribution in [0.15, 0.2) is 70.5 Å². The van der Waals surface area contributed by atoms with Crippen LogP contribution in [-0.4, -0.2) is 13.0 Å². The van der Waals surface area contributed by atoms with Crippen molar-refractivity contribution in [1.82, 2.24) is 0 Å². The normalized spacial score (nSPS) is 13.7. The quantitative estimate of drug-likeness (QED) is 0.475. The zero-order valence-corrected chi connectivity index (χ0v) is 17.1. The lowest BCUT2D eigenvalue weighted by atomic mass is 9.92. The van der Waals surface area contributed by atoms with Gasteiger partial charge in [0.25, 0.3) is 0 Å². The Hall–Kier alpha value is -2.38. The fourth-order valence-electron chi connectivity index (χ4n) is 3.69. The summed E-state index contributed by atoms with van der Waals surface area (Å²) in [5.74, 6) is 0. The zero-order chi connectivity index (χ0) is 20.0. The molecule has 0 amide bonds. The van der Waals surface area contributed by atoms with Gasteiger partial charge in [-0.25, -0.2) is 13.6 Å². The van der Waals surface area contributed by atoms with E-state index in [0.29, 0.717) is 16.0 Å². The first-order valence-electron chi connectivity index (χ1n) is 8.71. The highest BCUT2D eigenvalue weighted by Crippen LogP contribution is 2.41. The molecular formula is C22H19NO3S2. The molecule has 0 fully saturated rings. The Morgan fingerprint density at radius 2 is 1.18 bits per heavy atom. The van der Waals surface area contributed by atoms with Crippen molar-refractivity contribution in [2.75, 3.05) is 0 Å². The van der Waals surface area contributed by atoms with E-state index in [4.69, 9.17) is 5.14 Å². The van der Waals surface area contributed by atoms with Gasteiger partial charge in [-0.2, -0.15) is 0 Å². The molecule has 142 valence electrons. The minimum Gasteiger partial charge on any atom is -0.302 e. The van der Waals surface area contributed by atoms with E-state index < -0.39 is 22.1 Å². The van der Waals surface area contributed by atoms with Crippen LogP contribution in [0.5, 0.6) is 0 Å². The Kier molecular flexibility index (Phi) is 4.89. The van der Waals surface area contributed by atoms with E-state index in [1.54, 1.807) is 12.1 Å². The second kappa shape index (κ2) is 7.22. The fourth-order valence-corrected chi connectivity index (χ4v) is 4.87. The SMILES string of the molecule is Cc1ccc2c(-c3c(S(=O)O)ccc4cc(C)ccc34)c(S(N)=O)ccc2c1. The Labute approximate surface area is 168 Å². The molecule has 0 aliphatic carbocycles. The molecule has 0 aromatic heterocycles. The van der Waals surface area contributed by atoms with Crippen LogP contribution in [0.4, 0.5) is 0 Å². The number of nitrogens with two attached hydrogens (primary N) is 1. The van der Waals surface area contributed by atoms with Gasteiger partial charge in [-0.15, -0.1) is 0 Å². The van der Waals surface area contributed by atoms with Gasteiger partial charge in [-0.05, 0) is 47.5 Å². The number of hydrogen-bond acceptors (Lipinski definition) is 2. The van der Waals surface area contributed by atoms with Gasteiger partial charge in [0, 0.05) is 11.1 Å². The Balaban J connectivity index is 2.25. The third-order valence-electron chi connectivity index (χ3n) is 4.93. The van der Waals surface area contributed by atoms with Crippen molar-refractivity contribution in [3.8, 4) is 11.1 Å². The van der Waals surface area contributed by atoms with Gasteiger partial charge < -0.3 is 4.55 Å². The summed E-state index contributed by atoms with van der Waals surface area (Å²) in [4.78, 5) is 0.715. The van der Waals surface area contributed by atoms with E-state index >= 15 is 0 Å². The van der Waals surface area contributed by atoms with Crippen molar-refractivity contribution in [1.29, 1.82) is 0 Å². The van der Waals surface area contributed by atoms with Crippen LogP contribution in [-0.2, 0) is 22.1 Å². The second-order valence-electron chi connectivity index (χ2n) is 6.87. The molecule has 3 N–H and O–H groups in total. The van der Waals surface area contributed by atoms with Crippen molar-refractivity contribution in [2.45, 2.75) is 23.6 Å². The van der Waals surface area contributed by atoms with Crippen molar-refractivity contribution in [3.63, 3.8) is 0 Å². The molecule has 0 aliphatic heterocycles. The largest absolute Gasteiger partial charge is 0.302 e. The summed E-state index contributed by atoms with van der Waals surface area (Å²) in [6, 6.07) is 19.0. The number of hydrogen-bond donors (Lipinski definition) is 2. The molecule has 28 heavy (non-hydrogen) atoms. The molecule has 0 spiro atoms. The Bertz CT molecular complexity index is 1200. The summed E-state index contributed by atoms with van der Waals surface area (Å²) in [6.45, 7) is 4.00. The molecule has 4 rings (SSSR count). The maximum atomic E-state index is 12.4. The highest BCUT2D eigenvalue weighted by molar-refractivity contribution is 7.83. The summed E-state index contributed by atoms with van der Waals surface area (Å²) < 4.78 is 34.5. The van der Waals surface area contributed by atoms with Crippen LogP contribution < -0.4 is 5.14 Å². The van der Waals surface area contributed by atoms with Gasteiger partial charge in [0.15, 0.2) is 11.1 Å². The van der Waals surface area contributed by atoms with Gasteiger partial charge in [0.1, 0.15) is 11.0 Å². The number of rotatable bonds is 3. The van der Waals surface area contributed by atoms with E-state index in [0.717, 1.165) is 32.7 Å². The molecular weight excluding hydrogens is 390 g/mol. The van der Waals surface area contributed by atoms with E-state index in [9.17, 15) is 13.0 Å². The minimum absolute atomic E-state index is 0.274. The number of benzene rings is 4. The summed E-state index contributed by atoms with van der Waals surface area (Å²) in [6.07, 6.45) is 0. The molecule has 4 aromatic carbocycles. The smallest absolute Gasteiger partial charge is 0.187 e. The predicted octanol–water partition coefficient (Wildman–Crippen LogP) is 4.84. The van der Waals surface area contributed by atoms with E-state index in [-0.39, 0.29) is 4.90 Å². The average Bonchev–Trinajstić information content (AvgIpc) is 2.65. The van der Waals surface area contributed by atoms with Crippen LogP contribution in [0.25, 0.3) is 32.7 Å². The molecule has 4 aromatic rings. The van der Waals surface area contributed by atoms with Gasteiger partial charge in [0.05, 0.1) is 9.79 Å². The first-order valence-corrected chi connectivity index (χ1v) is 11.0. The highest BCUT2D eigenvalue weighted by atomic mass is 32.2. The molecule has 0 saturated carbocycles. The van der Waals surface area contributed by atoms with Gasteiger partial charge >= 0.3 is 0 Å². The zero-order valence-electron chi connectivity index (χ0n) is 15.4. The number of fused-ring (bicyclic) bond motifs is 2. The maximum Gasteiger partial charge on any atom is 0.187 e. The summed E-state index contributed by atoms with van der Waals surface area (Å²) in [5.41, 5.74) is 3.43. The predicted molar refractivity (Wildman–Crippen MR) is 116 cm³/mol. The molecule has 4 nitrogen and oxygen atoms in total. The van der Waals surface area contributed by atoms with Gasteiger partial charge in [-0.3, -0.25) is 0 Å². The highest BCUT2D eigenvalue weighted by Gasteiger charge is 2.21. The van der Waals surface area contributed by atoms with Crippen LogP contribution in [0.2, 0.25) is 0 Å². The topological polar surface area (TPSA) is 80.4 Å². The van der Waals surface area contributed by atoms with Crippen molar-refractivity contribution in [2.24, 2.45) is 5.14 Å². The van der Waals surface area contributed by atoms with Crippen LogP contribution in [0.3, 0.4) is 0 Å². The number of aryl methyl sites for hydroxylation is 2. The molecule has 2 unspecified atom stereocenters. The van der Waals surface area contributed by atoms with Crippen LogP contribution in [0.1, 0.15) is 11.1 Å². The maximum absolute atomic E-state index is 12.4. The Morgan fingerprint density at radius 1 is 0.714 bits per heavy atom. The van der Waals surface area contributed by atoms with Crippen molar-refractivity contribution < 1.29 is 13.0 Å². The lowest BCUT2D eigenvalue weighted by molar-refractivity contribution is 0.565. The molecule has 0 bridgehead atoms. The first-order chi connectivity index (χ1) is 13.4. The van der Waals surface area contributed by atoms with Gasteiger partial charge in [0.2, 0.25) is 0 Å². The molecule has 0 saturated heterocycles. The standard InChI is InChI=1S/C22H19NO3S2/c1-13-3-7-17-15(11-13)5-9-19(27(23)24)21(17)22-18-8-4-14(2)12-16(18)6-10-20(22)28(25)26/h3-12H,23H2,1-2H3,(H,25,26). The second-order valence-corrected chi connectivity index (χ2v) is 8.85. The van der Waals surface area contributed by atoms with Crippen LogP contribution in [0, 0.1) is 13.8 Å². The average molecular weight is 410 g/mol. The third kappa shape index (κ3) is 3.18. The van der Waals surface area contributed by atoms with Crippen molar-refractivity contribution in [3.05, 3.63) is 71.8 Å². The minimum atomic E-state index is -2.21. The molecule has 0 aliphatic rings. The first kappa shape index (κ1) is 19.0. The lowest BCUT2D eigenvalue weighted by Crippen LogP contribution is -2.06. The Morgan fingerprint density at radius 3 is 1.64 bits per heavy atom.